The number of morpholine rings is 1. The number of aromatic amines is 1. The summed E-state index contributed by atoms with van der Waals surface area (Å²) in [5.74, 6) is -0.225. The summed E-state index contributed by atoms with van der Waals surface area (Å²) in [5, 5.41) is 3.53. The summed E-state index contributed by atoms with van der Waals surface area (Å²) in [6.07, 6.45) is 1.95. The van der Waals surface area contributed by atoms with Crippen molar-refractivity contribution >= 4 is 23.0 Å². The Balaban J connectivity index is 1.69. The number of aryl methyl sites for hydroxylation is 2. The molecule has 0 spiro atoms. The van der Waals surface area contributed by atoms with Crippen LogP contribution >= 0.6 is 11.6 Å². The van der Waals surface area contributed by atoms with Crippen LogP contribution in [0.3, 0.4) is 0 Å². The van der Waals surface area contributed by atoms with E-state index in [1.807, 2.05) is 45.2 Å². The van der Waals surface area contributed by atoms with Crippen molar-refractivity contribution in [1.82, 2.24) is 19.6 Å². The highest BCUT2D eigenvalue weighted by Gasteiger charge is 2.25. The van der Waals surface area contributed by atoms with E-state index in [0.717, 1.165) is 41.1 Å². The largest absolute Gasteiger partial charge is 0.379 e. The summed E-state index contributed by atoms with van der Waals surface area (Å²) in [6, 6.07) is 5.67. The van der Waals surface area contributed by atoms with E-state index in [4.69, 9.17) is 16.3 Å². The van der Waals surface area contributed by atoms with Gasteiger partial charge >= 0.3 is 0 Å². The molecule has 0 saturated carbocycles. The second-order valence-corrected chi connectivity index (χ2v) is 8.84. The molecule has 2 N–H and O–H groups in total. The first-order chi connectivity index (χ1) is 15.3. The monoisotopic (exact) mass is 456 g/mol. The second kappa shape index (κ2) is 9.10. The van der Waals surface area contributed by atoms with Gasteiger partial charge in [-0.3, -0.25) is 14.5 Å². The summed E-state index contributed by atoms with van der Waals surface area (Å²) >= 11 is 6.46. The average molecular weight is 457 g/mol. The van der Waals surface area contributed by atoms with Crippen LogP contribution in [0.1, 0.15) is 51.4 Å². The van der Waals surface area contributed by atoms with Crippen LogP contribution in [-0.2, 0) is 11.3 Å². The van der Waals surface area contributed by atoms with Gasteiger partial charge < -0.3 is 19.4 Å². The molecule has 32 heavy (non-hydrogen) atoms. The number of amides is 1. The Bertz CT molecular complexity index is 1220. The van der Waals surface area contributed by atoms with E-state index in [2.05, 4.69) is 26.5 Å². The molecule has 4 heterocycles. The lowest BCUT2D eigenvalue weighted by molar-refractivity contribution is 0.0187. The van der Waals surface area contributed by atoms with E-state index in [-0.39, 0.29) is 24.1 Å². The third kappa shape index (κ3) is 4.20. The SMILES string of the molecule is Cc1cc(C)c(CNC(=O)c2cc3c(Cl)ccn3c(C(C)N3CCOCC3)c2C)c(=O)[nH]1. The van der Waals surface area contributed by atoms with Gasteiger partial charge in [-0.1, -0.05) is 11.6 Å². The normalized spacial score (nSPS) is 15.8. The molecule has 1 fully saturated rings. The Morgan fingerprint density at radius 1 is 1.25 bits per heavy atom. The molecular formula is C24H29ClN4O3. The van der Waals surface area contributed by atoms with Gasteiger partial charge in [0.25, 0.3) is 11.5 Å². The third-order valence-corrected chi connectivity index (χ3v) is 6.68. The smallest absolute Gasteiger partial charge is 0.253 e. The maximum atomic E-state index is 13.2. The zero-order chi connectivity index (χ0) is 23.0. The number of hydrogen-bond donors (Lipinski definition) is 2. The summed E-state index contributed by atoms with van der Waals surface area (Å²) in [6.45, 7) is 11.1. The number of nitrogens with one attached hydrogen (secondary N) is 2. The fourth-order valence-corrected chi connectivity index (χ4v) is 4.79. The van der Waals surface area contributed by atoms with Crippen LogP contribution in [0.2, 0.25) is 5.02 Å². The number of H-pyrrole nitrogens is 1. The van der Waals surface area contributed by atoms with Crippen LogP contribution in [-0.4, -0.2) is 46.5 Å². The molecular weight excluding hydrogens is 428 g/mol. The number of carbonyl (C=O) groups is 1. The van der Waals surface area contributed by atoms with E-state index in [1.54, 1.807) is 0 Å². The van der Waals surface area contributed by atoms with Crippen LogP contribution in [0.25, 0.3) is 5.52 Å². The van der Waals surface area contributed by atoms with Gasteiger partial charge in [-0.05, 0) is 57.0 Å². The Morgan fingerprint density at radius 3 is 2.66 bits per heavy atom. The fourth-order valence-electron chi connectivity index (χ4n) is 4.59. The third-order valence-electron chi connectivity index (χ3n) is 6.36. The minimum absolute atomic E-state index is 0.0832. The molecule has 1 aliphatic rings. The Kier molecular flexibility index (Phi) is 6.42. The first-order valence-electron chi connectivity index (χ1n) is 10.9. The molecule has 1 unspecified atom stereocenters. The molecule has 3 aromatic rings. The number of rotatable bonds is 5. The Morgan fingerprint density at radius 2 is 1.97 bits per heavy atom. The molecule has 8 heteroatoms. The van der Waals surface area contributed by atoms with Gasteiger partial charge in [0.15, 0.2) is 0 Å². The number of hydrogen-bond acceptors (Lipinski definition) is 4. The first-order valence-corrected chi connectivity index (χ1v) is 11.2. The molecule has 3 aromatic heterocycles. The van der Waals surface area contributed by atoms with Crippen molar-refractivity contribution < 1.29 is 9.53 Å². The minimum atomic E-state index is -0.225. The van der Waals surface area contributed by atoms with Gasteiger partial charge in [0.1, 0.15) is 0 Å². The lowest BCUT2D eigenvalue weighted by Gasteiger charge is -2.34. The van der Waals surface area contributed by atoms with Gasteiger partial charge in [0, 0.05) is 54.4 Å². The number of ether oxygens (including phenoxy) is 1. The Hall–Kier alpha value is -2.61. The zero-order valence-corrected chi connectivity index (χ0v) is 19.7. The topological polar surface area (TPSA) is 78.8 Å². The quantitative estimate of drug-likeness (QED) is 0.615. The molecule has 1 amide bonds. The molecule has 4 rings (SSSR count). The standard InChI is InChI=1S/C24H29ClN4O3/c1-14-11-15(2)27-24(31)19(14)13-26-23(30)18-12-21-20(25)5-6-29(21)22(16(18)3)17(4)28-7-9-32-10-8-28/h5-6,11-12,17H,7-10,13H2,1-4H3,(H,26,30)(H,27,31). The summed E-state index contributed by atoms with van der Waals surface area (Å²) in [4.78, 5) is 30.7. The maximum Gasteiger partial charge on any atom is 0.253 e. The van der Waals surface area contributed by atoms with Gasteiger partial charge in [-0.2, -0.15) is 0 Å². The number of pyridine rings is 2. The Labute approximate surface area is 192 Å². The van der Waals surface area contributed by atoms with Crippen LogP contribution in [0.4, 0.5) is 0 Å². The van der Waals surface area contributed by atoms with E-state index in [0.29, 0.717) is 29.4 Å². The molecule has 1 atom stereocenters. The van der Waals surface area contributed by atoms with E-state index in [1.165, 1.54) is 0 Å². The number of halogens is 1. The zero-order valence-electron chi connectivity index (χ0n) is 18.9. The minimum Gasteiger partial charge on any atom is -0.379 e. The van der Waals surface area contributed by atoms with Gasteiger partial charge in [0.2, 0.25) is 0 Å². The molecule has 0 aliphatic carbocycles. The fraction of sp³-hybridized carbons (Fsp3) is 0.417. The van der Waals surface area contributed by atoms with Crippen molar-refractivity contribution in [3.63, 3.8) is 0 Å². The van der Waals surface area contributed by atoms with E-state index < -0.39 is 0 Å². The second-order valence-electron chi connectivity index (χ2n) is 8.44. The van der Waals surface area contributed by atoms with Crippen LogP contribution < -0.4 is 10.9 Å². The average Bonchev–Trinajstić information content (AvgIpc) is 3.12. The van der Waals surface area contributed by atoms with Crippen molar-refractivity contribution in [2.75, 3.05) is 26.3 Å². The number of carbonyl (C=O) groups excluding carboxylic acids is 1. The molecule has 1 saturated heterocycles. The van der Waals surface area contributed by atoms with Gasteiger partial charge in [-0.25, -0.2) is 0 Å². The highest BCUT2D eigenvalue weighted by atomic mass is 35.5. The van der Waals surface area contributed by atoms with Crippen molar-refractivity contribution in [3.8, 4) is 0 Å². The van der Waals surface area contributed by atoms with Crippen molar-refractivity contribution in [3.05, 3.63) is 73.4 Å². The van der Waals surface area contributed by atoms with E-state index >= 15 is 0 Å². The molecule has 170 valence electrons. The molecule has 1 aliphatic heterocycles. The predicted octanol–water partition coefficient (Wildman–Crippen LogP) is 3.53. The summed E-state index contributed by atoms with van der Waals surface area (Å²) in [7, 11) is 0. The molecule has 7 nitrogen and oxygen atoms in total. The van der Waals surface area contributed by atoms with Crippen LogP contribution in [0.5, 0.6) is 0 Å². The van der Waals surface area contributed by atoms with Gasteiger partial charge in [0.05, 0.1) is 23.8 Å². The summed E-state index contributed by atoms with van der Waals surface area (Å²) in [5.41, 5.74) is 5.33. The predicted molar refractivity (Wildman–Crippen MR) is 126 cm³/mol. The first kappa shape index (κ1) is 22.6. The van der Waals surface area contributed by atoms with Crippen LogP contribution in [0.15, 0.2) is 29.2 Å². The van der Waals surface area contributed by atoms with E-state index in [9.17, 15) is 9.59 Å². The number of aromatic nitrogens is 2. The highest BCUT2D eigenvalue weighted by molar-refractivity contribution is 6.34. The molecule has 0 radical (unpaired) electrons. The lowest BCUT2D eigenvalue weighted by Crippen LogP contribution is -2.39. The number of fused-ring (bicyclic) bond motifs is 1. The highest BCUT2D eigenvalue weighted by Crippen LogP contribution is 2.31. The lowest BCUT2D eigenvalue weighted by atomic mass is 10.0. The molecule has 0 bridgehead atoms. The summed E-state index contributed by atoms with van der Waals surface area (Å²) < 4.78 is 7.58. The number of nitrogens with zero attached hydrogens (tertiary/aromatic N) is 2. The van der Waals surface area contributed by atoms with Crippen molar-refractivity contribution in [2.24, 2.45) is 0 Å². The van der Waals surface area contributed by atoms with Crippen LogP contribution in [0, 0.1) is 20.8 Å². The van der Waals surface area contributed by atoms with Crippen molar-refractivity contribution in [2.45, 2.75) is 40.3 Å². The molecule has 0 aromatic carbocycles. The van der Waals surface area contributed by atoms with Gasteiger partial charge in [-0.15, -0.1) is 0 Å². The maximum absolute atomic E-state index is 13.2. The van der Waals surface area contributed by atoms with Crippen molar-refractivity contribution in [1.29, 1.82) is 0 Å².